The second kappa shape index (κ2) is 9.16. The van der Waals surface area contributed by atoms with E-state index >= 15 is 0 Å². The number of hydrogen-bond donors (Lipinski definition) is 1. The lowest BCUT2D eigenvalue weighted by Gasteiger charge is -2.21. The molecule has 0 heterocycles. The van der Waals surface area contributed by atoms with Gasteiger partial charge in [-0.05, 0) is 42.7 Å². The third-order valence-electron chi connectivity index (χ3n) is 4.21. The number of amides is 1. The van der Waals surface area contributed by atoms with Gasteiger partial charge >= 0.3 is 5.97 Å². The molecule has 2 aromatic rings. The molecule has 6 heteroatoms. The quantitative estimate of drug-likeness (QED) is 0.753. The molecule has 1 N–H and O–H groups in total. The van der Waals surface area contributed by atoms with Gasteiger partial charge < -0.3 is 14.8 Å². The number of carbonyl (C=O) groups is 2. The van der Waals surface area contributed by atoms with Gasteiger partial charge in [0.1, 0.15) is 24.2 Å². The Morgan fingerprint density at radius 2 is 1.85 bits per heavy atom. The normalized spacial score (nSPS) is 11.8. The van der Waals surface area contributed by atoms with Gasteiger partial charge in [0.15, 0.2) is 0 Å². The number of aryl methyl sites for hydroxylation is 1. The van der Waals surface area contributed by atoms with Crippen molar-refractivity contribution in [3.63, 3.8) is 0 Å². The first-order valence-electron chi connectivity index (χ1n) is 8.69. The largest absolute Gasteiger partial charge is 0.496 e. The first kappa shape index (κ1) is 20.4. The van der Waals surface area contributed by atoms with Crippen molar-refractivity contribution in [1.82, 2.24) is 5.32 Å². The van der Waals surface area contributed by atoms with Crippen molar-refractivity contribution in [2.24, 2.45) is 5.92 Å². The number of ether oxygens (including phenoxy) is 2. The minimum atomic E-state index is -0.823. The molecule has 0 radical (unpaired) electrons. The molecular weight excluding hydrogens is 349 g/mol. The smallest absolute Gasteiger partial charge is 0.329 e. The molecule has 1 amide bonds. The van der Waals surface area contributed by atoms with E-state index in [1.165, 1.54) is 25.3 Å². The number of hydrogen-bond acceptors (Lipinski definition) is 4. The summed E-state index contributed by atoms with van der Waals surface area (Å²) >= 11 is 0. The average Bonchev–Trinajstić information content (AvgIpc) is 2.64. The van der Waals surface area contributed by atoms with Crippen LogP contribution in [0.1, 0.15) is 35.3 Å². The van der Waals surface area contributed by atoms with Crippen molar-refractivity contribution in [2.45, 2.75) is 33.4 Å². The standard InChI is InChI=1S/C21H24FNO4/c1-13(2)19(23-20(24)17-8-6-5-7-14(17)3)21(25)27-12-15-11-16(22)9-10-18(15)26-4/h5-11,13,19H,12H2,1-4H3,(H,23,24)/t19-/m0/s1. The zero-order valence-corrected chi connectivity index (χ0v) is 15.9. The van der Waals surface area contributed by atoms with E-state index in [0.717, 1.165) is 5.56 Å². The minimum Gasteiger partial charge on any atom is -0.496 e. The van der Waals surface area contributed by atoms with Gasteiger partial charge in [-0.3, -0.25) is 4.79 Å². The highest BCUT2D eigenvalue weighted by molar-refractivity contribution is 5.98. The Morgan fingerprint density at radius 3 is 2.48 bits per heavy atom. The molecule has 2 rings (SSSR count). The predicted octanol–water partition coefficient (Wildman–Crippen LogP) is 3.64. The Hall–Kier alpha value is -2.89. The molecule has 0 spiro atoms. The summed E-state index contributed by atoms with van der Waals surface area (Å²) in [6.45, 7) is 5.30. The first-order chi connectivity index (χ1) is 12.8. The van der Waals surface area contributed by atoms with Crippen LogP contribution in [0.3, 0.4) is 0 Å². The SMILES string of the molecule is COc1ccc(F)cc1COC(=O)[C@@H](NC(=O)c1ccccc1C)C(C)C. The van der Waals surface area contributed by atoms with Crippen molar-refractivity contribution in [2.75, 3.05) is 7.11 Å². The van der Waals surface area contributed by atoms with Crippen LogP contribution in [0.25, 0.3) is 0 Å². The molecule has 144 valence electrons. The van der Waals surface area contributed by atoms with Crippen LogP contribution < -0.4 is 10.1 Å². The lowest BCUT2D eigenvalue weighted by molar-refractivity contribution is -0.148. The fraction of sp³-hybridized carbons (Fsp3) is 0.333. The van der Waals surface area contributed by atoms with Crippen LogP contribution in [0.15, 0.2) is 42.5 Å². The molecule has 0 fully saturated rings. The van der Waals surface area contributed by atoms with Gasteiger partial charge in [-0.15, -0.1) is 0 Å². The number of esters is 1. The first-order valence-corrected chi connectivity index (χ1v) is 8.69. The van der Waals surface area contributed by atoms with Crippen LogP contribution in [0.4, 0.5) is 4.39 Å². The second-order valence-corrected chi connectivity index (χ2v) is 6.57. The molecule has 0 aromatic heterocycles. The fourth-order valence-electron chi connectivity index (χ4n) is 2.64. The summed E-state index contributed by atoms with van der Waals surface area (Å²) in [6, 6.07) is 10.3. The highest BCUT2D eigenvalue weighted by Gasteiger charge is 2.27. The predicted molar refractivity (Wildman–Crippen MR) is 100 cm³/mol. The van der Waals surface area contributed by atoms with Crippen LogP contribution >= 0.6 is 0 Å². The molecule has 0 aliphatic carbocycles. The van der Waals surface area contributed by atoms with Crippen LogP contribution in [-0.2, 0) is 16.1 Å². The van der Waals surface area contributed by atoms with E-state index in [1.54, 1.807) is 12.1 Å². The summed E-state index contributed by atoms with van der Waals surface area (Å²) in [5.41, 5.74) is 1.73. The van der Waals surface area contributed by atoms with Gasteiger partial charge in [0.2, 0.25) is 0 Å². The van der Waals surface area contributed by atoms with Crippen LogP contribution in [0, 0.1) is 18.7 Å². The topological polar surface area (TPSA) is 64.6 Å². The van der Waals surface area contributed by atoms with E-state index in [4.69, 9.17) is 9.47 Å². The van der Waals surface area contributed by atoms with E-state index in [9.17, 15) is 14.0 Å². The highest BCUT2D eigenvalue weighted by Crippen LogP contribution is 2.20. The lowest BCUT2D eigenvalue weighted by atomic mass is 10.0. The Morgan fingerprint density at radius 1 is 1.15 bits per heavy atom. The molecule has 2 aromatic carbocycles. The van der Waals surface area contributed by atoms with Gasteiger partial charge in [0, 0.05) is 11.1 Å². The Labute approximate surface area is 158 Å². The molecule has 5 nitrogen and oxygen atoms in total. The third kappa shape index (κ3) is 5.29. The molecule has 0 saturated carbocycles. The maximum Gasteiger partial charge on any atom is 0.329 e. The Balaban J connectivity index is 2.08. The number of carbonyl (C=O) groups excluding carboxylic acids is 2. The Bertz CT molecular complexity index is 820. The van der Waals surface area contributed by atoms with E-state index in [1.807, 2.05) is 32.9 Å². The highest BCUT2D eigenvalue weighted by atomic mass is 19.1. The minimum absolute atomic E-state index is 0.150. The molecule has 27 heavy (non-hydrogen) atoms. The number of nitrogens with one attached hydrogen (secondary N) is 1. The Kier molecular flexibility index (Phi) is 6.93. The zero-order chi connectivity index (χ0) is 20.0. The molecule has 0 unspecified atom stereocenters. The summed E-state index contributed by atoms with van der Waals surface area (Å²) in [6.07, 6.45) is 0. The van der Waals surface area contributed by atoms with Gasteiger partial charge in [0.05, 0.1) is 7.11 Å². The van der Waals surface area contributed by atoms with Gasteiger partial charge in [-0.1, -0.05) is 32.0 Å². The van der Waals surface area contributed by atoms with Crippen LogP contribution in [-0.4, -0.2) is 25.0 Å². The molecule has 0 aliphatic heterocycles. The van der Waals surface area contributed by atoms with Crippen molar-refractivity contribution in [3.05, 3.63) is 65.0 Å². The van der Waals surface area contributed by atoms with Gasteiger partial charge in [0.25, 0.3) is 5.91 Å². The monoisotopic (exact) mass is 373 g/mol. The lowest BCUT2D eigenvalue weighted by Crippen LogP contribution is -2.45. The summed E-state index contributed by atoms with van der Waals surface area (Å²) in [5, 5.41) is 2.73. The molecular formula is C21H24FNO4. The molecule has 0 bridgehead atoms. The fourth-order valence-corrected chi connectivity index (χ4v) is 2.64. The number of benzene rings is 2. The zero-order valence-electron chi connectivity index (χ0n) is 15.9. The van der Waals surface area contributed by atoms with Crippen molar-refractivity contribution >= 4 is 11.9 Å². The average molecular weight is 373 g/mol. The summed E-state index contributed by atoms with van der Waals surface area (Å²) in [5.74, 6) is -1.13. The summed E-state index contributed by atoms with van der Waals surface area (Å²) in [4.78, 5) is 25.0. The van der Waals surface area contributed by atoms with Crippen molar-refractivity contribution < 1.29 is 23.5 Å². The number of rotatable bonds is 7. The number of halogens is 1. The van der Waals surface area contributed by atoms with Crippen molar-refractivity contribution in [1.29, 1.82) is 0 Å². The maximum atomic E-state index is 13.4. The van der Waals surface area contributed by atoms with E-state index in [-0.39, 0.29) is 18.4 Å². The second-order valence-electron chi connectivity index (χ2n) is 6.57. The van der Waals surface area contributed by atoms with Crippen LogP contribution in [0.2, 0.25) is 0 Å². The third-order valence-corrected chi connectivity index (χ3v) is 4.21. The summed E-state index contributed by atoms with van der Waals surface area (Å²) < 4.78 is 23.9. The summed E-state index contributed by atoms with van der Waals surface area (Å²) in [7, 11) is 1.46. The number of methoxy groups -OCH3 is 1. The molecule has 0 saturated heterocycles. The molecule has 1 atom stereocenters. The molecule has 0 aliphatic rings. The van der Waals surface area contributed by atoms with Gasteiger partial charge in [-0.2, -0.15) is 0 Å². The maximum absolute atomic E-state index is 13.4. The van der Waals surface area contributed by atoms with Gasteiger partial charge in [-0.25, -0.2) is 9.18 Å². The van der Waals surface area contributed by atoms with E-state index in [2.05, 4.69) is 5.32 Å². The van der Waals surface area contributed by atoms with E-state index in [0.29, 0.717) is 16.9 Å². The van der Waals surface area contributed by atoms with Crippen LogP contribution in [0.5, 0.6) is 5.75 Å². The van der Waals surface area contributed by atoms with E-state index < -0.39 is 17.8 Å². The van der Waals surface area contributed by atoms with Crippen molar-refractivity contribution in [3.8, 4) is 5.75 Å².